The topological polar surface area (TPSA) is 23.5 Å². The van der Waals surface area contributed by atoms with Crippen molar-refractivity contribution in [1.82, 2.24) is 4.90 Å². The first-order valence-electron chi connectivity index (χ1n) is 5.90. The minimum Gasteiger partial charge on any atom is -0.392 e. The molecular formula is C13H17ClFNO. The Morgan fingerprint density at radius 2 is 2.29 bits per heavy atom. The lowest BCUT2D eigenvalue weighted by atomic mass is 9.96. The molecule has 2 unspecified atom stereocenters. The van der Waals surface area contributed by atoms with Crippen LogP contribution in [0, 0.1) is 11.7 Å². The Balaban J connectivity index is 2.03. The van der Waals surface area contributed by atoms with Gasteiger partial charge < -0.3 is 5.11 Å². The molecule has 1 heterocycles. The fraction of sp³-hybridized carbons (Fsp3) is 0.538. The Morgan fingerprint density at radius 3 is 3.00 bits per heavy atom. The summed E-state index contributed by atoms with van der Waals surface area (Å²) in [5, 5.41) is 10.3. The van der Waals surface area contributed by atoms with Crippen molar-refractivity contribution in [2.75, 3.05) is 13.1 Å². The van der Waals surface area contributed by atoms with Crippen LogP contribution in [-0.2, 0) is 6.54 Å². The van der Waals surface area contributed by atoms with Crippen LogP contribution in [0.4, 0.5) is 4.39 Å². The average Bonchev–Trinajstić information content (AvgIpc) is 2.29. The molecular weight excluding hydrogens is 241 g/mol. The molecule has 0 radical (unpaired) electrons. The lowest BCUT2D eigenvalue weighted by Gasteiger charge is -2.34. The second kappa shape index (κ2) is 5.34. The fourth-order valence-electron chi connectivity index (χ4n) is 2.16. The highest BCUT2D eigenvalue weighted by Crippen LogP contribution is 2.21. The minimum absolute atomic E-state index is 0.234. The van der Waals surface area contributed by atoms with Gasteiger partial charge in [0.1, 0.15) is 5.82 Å². The van der Waals surface area contributed by atoms with Crippen LogP contribution in [-0.4, -0.2) is 29.2 Å². The summed E-state index contributed by atoms with van der Waals surface area (Å²) < 4.78 is 13.6. The third-order valence-electron chi connectivity index (χ3n) is 3.40. The van der Waals surface area contributed by atoms with Crippen LogP contribution in [0.15, 0.2) is 18.2 Å². The van der Waals surface area contributed by atoms with Crippen LogP contribution < -0.4 is 0 Å². The summed E-state index contributed by atoms with van der Waals surface area (Å²) in [5.41, 5.74) is 0.597. The van der Waals surface area contributed by atoms with E-state index in [1.165, 1.54) is 6.07 Å². The molecule has 2 atom stereocenters. The highest BCUT2D eigenvalue weighted by Gasteiger charge is 2.24. The quantitative estimate of drug-likeness (QED) is 0.881. The smallest absolute Gasteiger partial charge is 0.127 e. The third kappa shape index (κ3) is 3.18. The number of β-amino-alcohol motifs (C(OH)–C–C–N with tert-alkyl or cyclic N) is 1. The van der Waals surface area contributed by atoms with Crippen LogP contribution in [0.5, 0.6) is 0 Å². The fourth-order valence-corrected chi connectivity index (χ4v) is 2.36. The average molecular weight is 258 g/mol. The number of halogens is 2. The summed E-state index contributed by atoms with van der Waals surface area (Å²) in [5.74, 6) is 0.0953. The first-order chi connectivity index (χ1) is 8.06. The summed E-state index contributed by atoms with van der Waals surface area (Å²) in [7, 11) is 0. The van der Waals surface area contributed by atoms with E-state index in [4.69, 9.17) is 11.6 Å². The summed E-state index contributed by atoms with van der Waals surface area (Å²) >= 11 is 5.85. The van der Waals surface area contributed by atoms with Crippen LogP contribution in [0.3, 0.4) is 0 Å². The lowest BCUT2D eigenvalue weighted by molar-refractivity contribution is 0.0255. The predicted octanol–water partition coefficient (Wildman–Crippen LogP) is 2.68. The summed E-state index contributed by atoms with van der Waals surface area (Å²) in [4.78, 5) is 2.07. The van der Waals surface area contributed by atoms with Gasteiger partial charge in [0.25, 0.3) is 0 Å². The van der Waals surface area contributed by atoms with Crippen molar-refractivity contribution < 1.29 is 9.50 Å². The van der Waals surface area contributed by atoms with Gasteiger partial charge in [-0.05, 0) is 37.1 Å². The lowest BCUT2D eigenvalue weighted by Crippen LogP contribution is -2.42. The molecule has 1 aromatic rings. The molecule has 1 aliphatic rings. The maximum Gasteiger partial charge on any atom is 0.127 e. The molecule has 1 saturated heterocycles. The predicted molar refractivity (Wildman–Crippen MR) is 66.5 cm³/mol. The SMILES string of the molecule is CC1CCN(Cc2cc(Cl)ccc2F)CC1O. The van der Waals surface area contributed by atoms with E-state index in [0.717, 1.165) is 13.0 Å². The molecule has 2 nitrogen and oxygen atoms in total. The Labute approximate surface area is 106 Å². The zero-order chi connectivity index (χ0) is 12.4. The maximum absolute atomic E-state index is 13.6. The van der Waals surface area contributed by atoms with Gasteiger partial charge in [-0.15, -0.1) is 0 Å². The van der Waals surface area contributed by atoms with Crippen molar-refractivity contribution in [2.24, 2.45) is 5.92 Å². The molecule has 0 spiro atoms. The molecule has 1 aliphatic heterocycles. The summed E-state index contributed by atoms with van der Waals surface area (Å²) in [6.07, 6.45) is 0.634. The van der Waals surface area contributed by atoms with Gasteiger partial charge in [0.2, 0.25) is 0 Å². The number of nitrogens with zero attached hydrogens (tertiary/aromatic N) is 1. The minimum atomic E-state index is -0.314. The van der Waals surface area contributed by atoms with Gasteiger partial charge >= 0.3 is 0 Å². The van der Waals surface area contributed by atoms with Gasteiger partial charge in [-0.2, -0.15) is 0 Å². The number of benzene rings is 1. The van der Waals surface area contributed by atoms with Crippen LogP contribution >= 0.6 is 11.6 Å². The van der Waals surface area contributed by atoms with E-state index in [2.05, 4.69) is 4.90 Å². The Kier molecular flexibility index (Phi) is 4.02. The highest BCUT2D eigenvalue weighted by molar-refractivity contribution is 6.30. The standard InChI is InChI=1S/C13H17ClFNO/c1-9-4-5-16(8-13(9)17)7-10-6-11(14)2-3-12(10)15/h2-3,6,9,13,17H,4-5,7-8H2,1H3. The van der Waals surface area contributed by atoms with Crippen LogP contribution in [0.2, 0.25) is 5.02 Å². The molecule has 17 heavy (non-hydrogen) atoms. The molecule has 0 aromatic heterocycles. The van der Waals surface area contributed by atoms with Crippen molar-refractivity contribution in [3.8, 4) is 0 Å². The number of hydrogen-bond donors (Lipinski definition) is 1. The number of rotatable bonds is 2. The van der Waals surface area contributed by atoms with Crippen molar-refractivity contribution in [2.45, 2.75) is 26.0 Å². The molecule has 1 fully saturated rings. The van der Waals surface area contributed by atoms with E-state index in [1.807, 2.05) is 6.92 Å². The van der Waals surface area contributed by atoms with Gasteiger partial charge in [0.05, 0.1) is 6.10 Å². The molecule has 0 amide bonds. The molecule has 4 heteroatoms. The van der Waals surface area contributed by atoms with Gasteiger partial charge in [0.15, 0.2) is 0 Å². The monoisotopic (exact) mass is 257 g/mol. The molecule has 2 rings (SSSR count). The first kappa shape index (κ1) is 12.8. The number of aliphatic hydroxyl groups is 1. The van der Waals surface area contributed by atoms with Gasteiger partial charge in [0, 0.05) is 23.7 Å². The van der Waals surface area contributed by atoms with E-state index in [-0.39, 0.29) is 11.9 Å². The number of piperidine rings is 1. The van der Waals surface area contributed by atoms with E-state index in [9.17, 15) is 9.50 Å². The van der Waals surface area contributed by atoms with Crippen molar-refractivity contribution in [1.29, 1.82) is 0 Å². The second-order valence-corrected chi connectivity index (χ2v) is 5.24. The molecule has 1 N–H and O–H groups in total. The van der Waals surface area contributed by atoms with E-state index >= 15 is 0 Å². The van der Waals surface area contributed by atoms with Gasteiger partial charge in [-0.25, -0.2) is 4.39 Å². The number of aliphatic hydroxyl groups excluding tert-OH is 1. The zero-order valence-corrected chi connectivity index (χ0v) is 10.6. The number of likely N-dealkylation sites (tertiary alicyclic amines) is 1. The third-order valence-corrected chi connectivity index (χ3v) is 3.64. The Bertz CT molecular complexity index is 399. The van der Waals surface area contributed by atoms with E-state index < -0.39 is 0 Å². The second-order valence-electron chi connectivity index (χ2n) is 4.80. The molecule has 0 saturated carbocycles. The normalized spacial score (nSPS) is 26.1. The summed E-state index contributed by atoms with van der Waals surface area (Å²) in [6.45, 7) is 4.05. The van der Waals surface area contributed by atoms with E-state index in [0.29, 0.717) is 29.6 Å². The molecule has 1 aromatic carbocycles. The van der Waals surface area contributed by atoms with E-state index in [1.54, 1.807) is 12.1 Å². The zero-order valence-electron chi connectivity index (χ0n) is 9.87. The molecule has 94 valence electrons. The Hall–Kier alpha value is -0.640. The molecule has 0 bridgehead atoms. The van der Waals surface area contributed by atoms with Gasteiger partial charge in [-0.3, -0.25) is 4.90 Å². The summed E-state index contributed by atoms with van der Waals surface area (Å²) in [6, 6.07) is 4.59. The van der Waals surface area contributed by atoms with Gasteiger partial charge in [-0.1, -0.05) is 18.5 Å². The van der Waals surface area contributed by atoms with Crippen LogP contribution in [0.1, 0.15) is 18.9 Å². The number of hydrogen-bond acceptors (Lipinski definition) is 2. The highest BCUT2D eigenvalue weighted by atomic mass is 35.5. The largest absolute Gasteiger partial charge is 0.392 e. The van der Waals surface area contributed by atoms with Crippen molar-refractivity contribution in [3.63, 3.8) is 0 Å². The Morgan fingerprint density at radius 1 is 1.53 bits per heavy atom. The van der Waals surface area contributed by atoms with Crippen molar-refractivity contribution in [3.05, 3.63) is 34.6 Å². The molecule has 0 aliphatic carbocycles. The maximum atomic E-state index is 13.6. The van der Waals surface area contributed by atoms with Crippen molar-refractivity contribution >= 4 is 11.6 Å². The van der Waals surface area contributed by atoms with Crippen LogP contribution in [0.25, 0.3) is 0 Å². The first-order valence-corrected chi connectivity index (χ1v) is 6.28.